The van der Waals surface area contributed by atoms with Crippen molar-refractivity contribution in [1.82, 2.24) is 0 Å². The van der Waals surface area contributed by atoms with E-state index in [1.54, 1.807) is 43.5 Å². The second-order valence-corrected chi connectivity index (χ2v) is 5.26. The molecule has 0 fully saturated rings. The highest BCUT2D eigenvalue weighted by Crippen LogP contribution is 2.20. The van der Waals surface area contributed by atoms with Gasteiger partial charge in [0.2, 0.25) is 11.1 Å². The Morgan fingerprint density at radius 2 is 1.55 bits per heavy atom. The fraction of sp³-hybridized carbons (Fsp3) is 0.200. The Balaban J connectivity index is 1.99. The average molecular weight is 292 g/mol. The predicted molar refractivity (Wildman–Crippen MR) is 77.2 cm³/mol. The van der Waals surface area contributed by atoms with E-state index in [-0.39, 0.29) is 6.79 Å². The van der Waals surface area contributed by atoms with Crippen LogP contribution >= 0.6 is 0 Å². The highest BCUT2D eigenvalue weighted by Gasteiger charge is 2.06. The van der Waals surface area contributed by atoms with Gasteiger partial charge in [0.25, 0.3) is 0 Å². The predicted octanol–water partition coefficient (Wildman–Crippen LogP) is 3.08. The summed E-state index contributed by atoms with van der Waals surface area (Å²) in [5, 5.41) is 0. The van der Waals surface area contributed by atoms with Crippen molar-refractivity contribution in [3.63, 3.8) is 0 Å². The summed E-state index contributed by atoms with van der Waals surface area (Å²) in [5.74, 6) is 1.19. The molecule has 1 atom stereocenters. The number of aryl methyl sites for hydroxylation is 1. The first-order valence-corrected chi connectivity index (χ1v) is 7.15. The molecule has 4 nitrogen and oxygen atoms in total. The molecule has 5 heteroatoms. The zero-order valence-electron chi connectivity index (χ0n) is 11.4. The Labute approximate surface area is 121 Å². The van der Waals surface area contributed by atoms with Gasteiger partial charge in [0.1, 0.15) is 11.5 Å². The molecule has 2 aromatic rings. The molecule has 1 unspecified atom stereocenters. The van der Waals surface area contributed by atoms with Crippen molar-refractivity contribution < 1.29 is 17.9 Å². The van der Waals surface area contributed by atoms with Crippen molar-refractivity contribution in [3.05, 3.63) is 54.1 Å². The zero-order valence-corrected chi connectivity index (χ0v) is 12.2. The fourth-order valence-electron chi connectivity index (χ4n) is 1.50. The minimum absolute atomic E-state index is 0.190. The first-order chi connectivity index (χ1) is 9.69. The summed E-state index contributed by atoms with van der Waals surface area (Å²) >= 11 is -1.52. The van der Waals surface area contributed by atoms with Crippen LogP contribution in [0.15, 0.2) is 53.4 Å². The van der Waals surface area contributed by atoms with E-state index in [4.69, 9.17) is 13.7 Å². The summed E-state index contributed by atoms with van der Waals surface area (Å²) in [6.45, 7) is 2.17. The smallest absolute Gasteiger partial charge is 0.240 e. The van der Waals surface area contributed by atoms with Gasteiger partial charge in [-0.05, 0) is 43.3 Å². The van der Waals surface area contributed by atoms with E-state index in [0.29, 0.717) is 16.4 Å². The average Bonchev–Trinajstić information content (AvgIpc) is 2.47. The van der Waals surface area contributed by atoms with Crippen molar-refractivity contribution in [2.24, 2.45) is 0 Å². The molecule has 0 aliphatic carbocycles. The quantitative estimate of drug-likeness (QED) is 0.768. The van der Waals surface area contributed by atoms with Crippen molar-refractivity contribution in [2.75, 3.05) is 13.9 Å². The lowest BCUT2D eigenvalue weighted by atomic mass is 10.2. The number of hydrogen-bond donors (Lipinski definition) is 0. The second-order valence-electron chi connectivity index (χ2n) is 4.15. The van der Waals surface area contributed by atoms with Gasteiger partial charge in [-0.1, -0.05) is 17.7 Å². The number of methoxy groups -OCH3 is 1. The van der Waals surface area contributed by atoms with Gasteiger partial charge in [0.15, 0.2) is 6.79 Å². The Kier molecular flexibility index (Phi) is 5.15. The van der Waals surface area contributed by atoms with E-state index in [2.05, 4.69) is 0 Å². The molecule has 0 saturated carbocycles. The van der Waals surface area contributed by atoms with Crippen LogP contribution in [0.5, 0.6) is 11.5 Å². The highest BCUT2D eigenvalue weighted by atomic mass is 32.2. The van der Waals surface area contributed by atoms with Gasteiger partial charge >= 0.3 is 0 Å². The van der Waals surface area contributed by atoms with Gasteiger partial charge in [0.05, 0.1) is 4.90 Å². The maximum absolute atomic E-state index is 12.0. The normalized spacial score (nSPS) is 11.9. The van der Waals surface area contributed by atoms with E-state index >= 15 is 0 Å². The monoisotopic (exact) mass is 292 g/mol. The summed E-state index contributed by atoms with van der Waals surface area (Å²) in [7, 11) is 1.56. The van der Waals surface area contributed by atoms with Gasteiger partial charge in [-0.15, -0.1) is 0 Å². The third-order valence-electron chi connectivity index (χ3n) is 2.55. The summed E-state index contributed by atoms with van der Waals surface area (Å²) in [6, 6.07) is 14.3. The van der Waals surface area contributed by atoms with Crippen LogP contribution in [0.3, 0.4) is 0 Å². The van der Waals surface area contributed by atoms with Crippen LogP contribution in [0.2, 0.25) is 0 Å². The number of ether oxygens (including phenoxy) is 2. The zero-order chi connectivity index (χ0) is 14.4. The van der Waals surface area contributed by atoms with Crippen LogP contribution in [-0.4, -0.2) is 18.1 Å². The van der Waals surface area contributed by atoms with Crippen molar-refractivity contribution in [2.45, 2.75) is 11.8 Å². The SMILES string of the molecule is COCOc1ccc(OS(=O)c2ccc(C)cc2)cc1. The van der Waals surface area contributed by atoms with E-state index < -0.39 is 11.1 Å². The van der Waals surface area contributed by atoms with E-state index in [1.807, 2.05) is 19.1 Å². The maximum Gasteiger partial charge on any atom is 0.240 e. The molecule has 20 heavy (non-hydrogen) atoms. The molecule has 0 heterocycles. The number of rotatable bonds is 6. The Bertz CT molecular complexity index is 563. The Hall–Kier alpha value is -1.85. The van der Waals surface area contributed by atoms with Crippen LogP contribution in [0.25, 0.3) is 0 Å². The largest absolute Gasteiger partial charge is 0.468 e. The standard InChI is InChI=1S/C15H16O4S/c1-12-3-9-15(10-4-12)20(16)19-14-7-5-13(6-8-14)18-11-17-2/h3-10H,11H2,1-2H3. The first kappa shape index (κ1) is 14.6. The lowest BCUT2D eigenvalue weighted by Crippen LogP contribution is -2.01. The molecule has 2 rings (SSSR count). The Morgan fingerprint density at radius 1 is 0.950 bits per heavy atom. The maximum atomic E-state index is 12.0. The van der Waals surface area contributed by atoms with Gasteiger partial charge in [-0.3, -0.25) is 0 Å². The van der Waals surface area contributed by atoms with Gasteiger partial charge in [0, 0.05) is 7.11 Å². The molecule has 0 bridgehead atoms. The van der Waals surface area contributed by atoms with Crippen LogP contribution < -0.4 is 8.92 Å². The van der Waals surface area contributed by atoms with Crippen molar-refractivity contribution >= 4 is 11.1 Å². The molecular weight excluding hydrogens is 276 g/mol. The van der Waals surface area contributed by atoms with Gasteiger partial charge in [-0.2, -0.15) is 0 Å². The fourth-order valence-corrected chi connectivity index (χ4v) is 2.24. The molecular formula is C15H16O4S. The third-order valence-corrected chi connectivity index (χ3v) is 3.55. The van der Waals surface area contributed by atoms with Crippen molar-refractivity contribution in [3.8, 4) is 11.5 Å². The third kappa shape index (κ3) is 4.08. The van der Waals surface area contributed by atoms with Gasteiger partial charge in [-0.25, -0.2) is 4.21 Å². The lowest BCUT2D eigenvalue weighted by Gasteiger charge is -2.07. The van der Waals surface area contributed by atoms with Crippen LogP contribution in [0, 0.1) is 6.92 Å². The summed E-state index contributed by atoms with van der Waals surface area (Å²) in [4.78, 5) is 0.635. The second kappa shape index (κ2) is 7.07. The van der Waals surface area contributed by atoms with Gasteiger partial charge < -0.3 is 13.7 Å². The lowest BCUT2D eigenvalue weighted by molar-refractivity contribution is 0.0511. The van der Waals surface area contributed by atoms with Crippen LogP contribution in [-0.2, 0) is 15.8 Å². The summed E-state index contributed by atoms with van der Waals surface area (Å²) in [6.07, 6.45) is 0. The molecule has 0 aliphatic heterocycles. The summed E-state index contributed by atoms with van der Waals surface area (Å²) in [5.41, 5.74) is 1.12. The number of hydrogen-bond acceptors (Lipinski definition) is 4. The molecule has 0 aliphatic rings. The minimum atomic E-state index is -1.52. The van der Waals surface area contributed by atoms with E-state index in [1.165, 1.54) is 0 Å². The number of benzene rings is 2. The molecule has 0 saturated heterocycles. The Morgan fingerprint density at radius 3 is 2.15 bits per heavy atom. The first-order valence-electron chi connectivity index (χ1n) is 6.07. The molecule has 0 amide bonds. The molecule has 0 spiro atoms. The highest BCUT2D eigenvalue weighted by molar-refractivity contribution is 7.80. The van der Waals surface area contributed by atoms with E-state index in [0.717, 1.165) is 5.56 Å². The molecule has 2 aromatic carbocycles. The van der Waals surface area contributed by atoms with Crippen LogP contribution in [0.1, 0.15) is 5.56 Å². The van der Waals surface area contributed by atoms with Crippen LogP contribution in [0.4, 0.5) is 0 Å². The molecule has 0 radical (unpaired) electrons. The molecule has 106 valence electrons. The minimum Gasteiger partial charge on any atom is -0.468 e. The van der Waals surface area contributed by atoms with Crippen molar-refractivity contribution in [1.29, 1.82) is 0 Å². The molecule has 0 aromatic heterocycles. The summed E-state index contributed by atoms with van der Waals surface area (Å²) < 4.78 is 27.5. The van der Waals surface area contributed by atoms with E-state index in [9.17, 15) is 4.21 Å². The topological polar surface area (TPSA) is 44.8 Å². The molecule has 0 N–H and O–H groups in total.